The average molecular weight is 392 g/mol. The van der Waals surface area contributed by atoms with E-state index in [2.05, 4.69) is 45.1 Å². The van der Waals surface area contributed by atoms with Crippen LogP contribution >= 0.6 is 0 Å². The predicted molar refractivity (Wildman–Crippen MR) is 120 cm³/mol. The highest BCUT2D eigenvalue weighted by molar-refractivity contribution is 6.05. The van der Waals surface area contributed by atoms with Crippen molar-refractivity contribution in [1.29, 1.82) is 0 Å². The fraction of sp³-hybridized carbons (Fsp3) is 0.462. The molecule has 0 spiro atoms. The predicted octanol–water partition coefficient (Wildman–Crippen LogP) is 6.52. The van der Waals surface area contributed by atoms with E-state index in [0.29, 0.717) is 11.1 Å². The molecule has 0 bridgehead atoms. The van der Waals surface area contributed by atoms with Crippen molar-refractivity contribution >= 4 is 17.4 Å². The molecule has 1 aliphatic rings. The van der Waals surface area contributed by atoms with Crippen LogP contribution in [-0.2, 0) is 10.8 Å². The lowest BCUT2D eigenvalue weighted by molar-refractivity contribution is 0.0857. The van der Waals surface area contributed by atoms with Crippen molar-refractivity contribution in [3.05, 3.63) is 64.7 Å². The number of fused-ring (bicyclic) bond motifs is 1. The SMILES string of the molecule is CC(C)(C)C(=O)c1ccc(C(=O)Nc2ccc3c(c2)C(C)(C)CCC3(C)C)cc1. The first-order chi connectivity index (χ1) is 13.3. The zero-order valence-electron chi connectivity index (χ0n) is 18.8. The molecule has 2 aromatic rings. The number of Topliss-reactive ketones (excluding diaryl/α,β-unsaturated/α-hetero) is 1. The molecule has 3 rings (SSSR count). The summed E-state index contributed by atoms with van der Waals surface area (Å²) in [7, 11) is 0. The number of hydrogen-bond donors (Lipinski definition) is 1. The van der Waals surface area contributed by atoms with Crippen LogP contribution in [0.4, 0.5) is 5.69 Å². The lowest BCUT2D eigenvalue weighted by Crippen LogP contribution is -2.33. The molecule has 0 heterocycles. The van der Waals surface area contributed by atoms with Crippen molar-refractivity contribution in [1.82, 2.24) is 0 Å². The van der Waals surface area contributed by atoms with Crippen LogP contribution in [0.3, 0.4) is 0 Å². The highest BCUT2D eigenvalue weighted by atomic mass is 16.1. The second kappa shape index (κ2) is 7.12. The third kappa shape index (κ3) is 4.29. The summed E-state index contributed by atoms with van der Waals surface area (Å²) in [6, 6.07) is 13.2. The highest BCUT2D eigenvalue weighted by Crippen LogP contribution is 2.46. The minimum absolute atomic E-state index is 0.0731. The van der Waals surface area contributed by atoms with Crippen LogP contribution in [0.25, 0.3) is 0 Å². The van der Waals surface area contributed by atoms with Gasteiger partial charge < -0.3 is 5.32 Å². The molecule has 1 N–H and O–H groups in total. The van der Waals surface area contributed by atoms with Crippen molar-refractivity contribution < 1.29 is 9.59 Å². The summed E-state index contributed by atoms with van der Waals surface area (Å²) < 4.78 is 0. The molecular weight excluding hydrogens is 358 g/mol. The van der Waals surface area contributed by atoms with E-state index in [1.54, 1.807) is 24.3 Å². The normalized spacial score (nSPS) is 17.3. The van der Waals surface area contributed by atoms with Crippen LogP contribution < -0.4 is 5.32 Å². The van der Waals surface area contributed by atoms with Gasteiger partial charge in [0.05, 0.1) is 0 Å². The van der Waals surface area contributed by atoms with Gasteiger partial charge in [-0.05, 0) is 59.1 Å². The molecule has 0 radical (unpaired) electrons. The third-order valence-electron chi connectivity index (χ3n) is 6.20. The van der Waals surface area contributed by atoms with Gasteiger partial charge in [0.1, 0.15) is 0 Å². The van der Waals surface area contributed by atoms with Crippen molar-refractivity contribution in [3.63, 3.8) is 0 Å². The Bertz CT molecular complexity index is 944. The smallest absolute Gasteiger partial charge is 0.255 e. The number of benzene rings is 2. The first-order valence-electron chi connectivity index (χ1n) is 10.4. The Kier molecular flexibility index (Phi) is 5.23. The lowest BCUT2D eigenvalue weighted by atomic mass is 9.63. The fourth-order valence-electron chi connectivity index (χ4n) is 4.08. The standard InChI is InChI=1S/C26H33NO2/c1-24(2,3)22(28)17-8-10-18(11-9-17)23(29)27-19-12-13-20-21(16-19)26(6,7)15-14-25(20,4)5/h8-13,16H,14-15H2,1-7H3,(H,27,29). The van der Waals surface area contributed by atoms with Gasteiger partial charge in [0, 0.05) is 22.2 Å². The molecule has 0 fully saturated rings. The maximum Gasteiger partial charge on any atom is 0.255 e. The number of ketones is 1. The Labute approximate surface area is 174 Å². The summed E-state index contributed by atoms with van der Waals surface area (Å²) in [6.07, 6.45) is 2.30. The van der Waals surface area contributed by atoms with E-state index in [1.807, 2.05) is 26.8 Å². The molecular formula is C26H33NO2. The zero-order valence-corrected chi connectivity index (χ0v) is 18.8. The Morgan fingerprint density at radius 3 is 1.86 bits per heavy atom. The van der Waals surface area contributed by atoms with Crippen molar-refractivity contribution in [3.8, 4) is 0 Å². The van der Waals surface area contributed by atoms with Crippen molar-refractivity contribution in [2.75, 3.05) is 5.32 Å². The Hall–Kier alpha value is -2.42. The molecule has 3 heteroatoms. The van der Waals surface area contributed by atoms with Crippen LogP contribution in [0, 0.1) is 5.41 Å². The second-order valence-electron chi connectivity index (χ2n) is 10.6. The third-order valence-corrected chi connectivity index (χ3v) is 6.20. The Morgan fingerprint density at radius 1 is 0.793 bits per heavy atom. The van der Waals surface area contributed by atoms with Gasteiger partial charge in [0.2, 0.25) is 0 Å². The van der Waals surface area contributed by atoms with E-state index >= 15 is 0 Å². The van der Waals surface area contributed by atoms with Crippen molar-refractivity contribution in [2.24, 2.45) is 5.41 Å². The number of carbonyl (C=O) groups excluding carboxylic acids is 2. The maximum atomic E-state index is 12.8. The monoisotopic (exact) mass is 391 g/mol. The van der Waals surface area contributed by atoms with Crippen LogP contribution in [0.15, 0.2) is 42.5 Å². The molecule has 1 aliphatic carbocycles. The van der Waals surface area contributed by atoms with Crippen LogP contribution in [-0.4, -0.2) is 11.7 Å². The fourth-order valence-corrected chi connectivity index (χ4v) is 4.08. The van der Waals surface area contributed by atoms with Gasteiger partial charge in [-0.15, -0.1) is 0 Å². The van der Waals surface area contributed by atoms with Crippen LogP contribution in [0.1, 0.15) is 93.2 Å². The highest BCUT2D eigenvalue weighted by Gasteiger charge is 2.37. The number of anilines is 1. The summed E-state index contributed by atoms with van der Waals surface area (Å²) in [5.74, 6) is -0.0865. The van der Waals surface area contributed by atoms with Crippen LogP contribution in [0.2, 0.25) is 0 Å². The largest absolute Gasteiger partial charge is 0.322 e. The molecule has 0 saturated carbocycles. The topological polar surface area (TPSA) is 46.2 Å². The van der Waals surface area contributed by atoms with Gasteiger partial charge in [0.15, 0.2) is 5.78 Å². The number of amides is 1. The molecule has 0 atom stereocenters. The molecule has 2 aromatic carbocycles. The second-order valence-corrected chi connectivity index (χ2v) is 10.6. The summed E-state index contributed by atoms with van der Waals surface area (Å²) in [5, 5.41) is 3.03. The van der Waals surface area contributed by atoms with Gasteiger partial charge in [-0.3, -0.25) is 9.59 Å². The Balaban J connectivity index is 1.82. The summed E-state index contributed by atoms with van der Waals surface area (Å²) in [5.41, 5.74) is 4.50. The first-order valence-corrected chi connectivity index (χ1v) is 10.4. The van der Waals surface area contributed by atoms with E-state index in [1.165, 1.54) is 17.5 Å². The summed E-state index contributed by atoms with van der Waals surface area (Å²) in [6.45, 7) is 14.8. The zero-order chi connectivity index (χ0) is 21.6. The van der Waals surface area contributed by atoms with Gasteiger partial charge in [-0.2, -0.15) is 0 Å². The molecule has 0 unspecified atom stereocenters. The minimum Gasteiger partial charge on any atom is -0.322 e. The van der Waals surface area contributed by atoms with Crippen LogP contribution in [0.5, 0.6) is 0 Å². The molecule has 29 heavy (non-hydrogen) atoms. The van der Waals surface area contributed by atoms with E-state index in [9.17, 15) is 9.59 Å². The summed E-state index contributed by atoms with van der Waals surface area (Å²) in [4.78, 5) is 25.1. The van der Waals surface area contributed by atoms with E-state index in [0.717, 1.165) is 12.1 Å². The van der Waals surface area contributed by atoms with Gasteiger partial charge >= 0.3 is 0 Å². The first kappa shape index (κ1) is 21.3. The van der Waals surface area contributed by atoms with Crippen molar-refractivity contribution in [2.45, 2.75) is 72.1 Å². The molecule has 0 saturated heterocycles. The van der Waals surface area contributed by atoms with Gasteiger partial charge in [-0.1, -0.05) is 66.7 Å². The number of nitrogens with one attached hydrogen (secondary N) is 1. The molecule has 0 aromatic heterocycles. The van der Waals surface area contributed by atoms with E-state index in [-0.39, 0.29) is 22.5 Å². The van der Waals surface area contributed by atoms with Gasteiger partial charge in [-0.25, -0.2) is 0 Å². The number of rotatable bonds is 3. The Morgan fingerprint density at radius 2 is 1.31 bits per heavy atom. The molecule has 0 aliphatic heterocycles. The molecule has 154 valence electrons. The van der Waals surface area contributed by atoms with E-state index in [4.69, 9.17) is 0 Å². The number of hydrogen-bond acceptors (Lipinski definition) is 2. The number of carbonyl (C=O) groups is 2. The van der Waals surface area contributed by atoms with Gasteiger partial charge in [0.25, 0.3) is 5.91 Å². The van der Waals surface area contributed by atoms with E-state index < -0.39 is 5.41 Å². The molecule has 3 nitrogen and oxygen atoms in total. The maximum absolute atomic E-state index is 12.8. The minimum atomic E-state index is -0.437. The molecule has 1 amide bonds. The quantitative estimate of drug-likeness (QED) is 0.606. The average Bonchev–Trinajstić information content (AvgIpc) is 2.64. The summed E-state index contributed by atoms with van der Waals surface area (Å²) >= 11 is 0. The lowest BCUT2D eigenvalue weighted by Gasteiger charge is -2.42.